The number of benzene rings is 1. The summed E-state index contributed by atoms with van der Waals surface area (Å²) in [7, 11) is 0. The van der Waals surface area contributed by atoms with Crippen molar-refractivity contribution in [2.75, 3.05) is 0 Å². The Balaban J connectivity index is 3.15. The molecule has 0 aliphatic heterocycles. The van der Waals surface area contributed by atoms with Crippen LogP contribution in [0.15, 0.2) is 24.3 Å². The molecule has 6 heteroatoms. The molecule has 0 heterocycles. The lowest BCUT2D eigenvalue weighted by atomic mass is 9.85. The minimum absolute atomic E-state index is 0.0228. The van der Waals surface area contributed by atoms with E-state index in [0.29, 0.717) is 5.56 Å². The fraction of sp³-hybridized carbons (Fsp3) is 0.333. The van der Waals surface area contributed by atoms with E-state index in [-0.39, 0.29) is 5.75 Å². The molecular formula is C12H16N2O4. The summed E-state index contributed by atoms with van der Waals surface area (Å²) in [5.74, 6) is -2.73. The number of nitrogens with two attached hydrogens (primary N) is 2. The van der Waals surface area contributed by atoms with E-state index in [2.05, 4.69) is 0 Å². The maximum Gasteiger partial charge on any atom is 0.321 e. The molecule has 0 amide bonds. The van der Waals surface area contributed by atoms with Crippen LogP contribution in [0.25, 0.3) is 0 Å². The quantitative estimate of drug-likeness (QED) is 0.575. The Hall–Kier alpha value is -1.92. The minimum atomic E-state index is -1.37. The highest BCUT2D eigenvalue weighted by Gasteiger charge is 2.33. The molecular weight excluding hydrogens is 236 g/mol. The Kier molecular flexibility index (Phi) is 4.41. The van der Waals surface area contributed by atoms with Gasteiger partial charge in [0.25, 0.3) is 0 Å². The first-order valence-corrected chi connectivity index (χ1v) is 5.41. The second-order valence-corrected chi connectivity index (χ2v) is 4.12. The minimum Gasteiger partial charge on any atom is -0.508 e. The molecule has 0 bridgehead atoms. The van der Waals surface area contributed by atoms with Gasteiger partial charge in [0, 0.05) is 0 Å². The van der Waals surface area contributed by atoms with Crippen LogP contribution in [-0.2, 0) is 9.59 Å². The molecule has 3 unspecified atom stereocenters. The van der Waals surface area contributed by atoms with Crippen molar-refractivity contribution in [1.82, 2.24) is 0 Å². The third-order valence-corrected chi connectivity index (χ3v) is 2.65. The van der Waals surface area contributed by atoms with E-state index in [0.717, 1.165) is 0 Å². The van der Waals surface area contributed by atoms with Gasteiger partial charge in [-0.2, -0.15) is 0 Å². The number of phenolic OH excluding ortho intramolecular Hbond substituents is 1. The third-order valence-electron chi connectivity index (χ3n) is 2.65. The number of ketones is 1. The standard InChI is InChI=1S/C12H16N2O4/c1-6(13)11(16)9(10(14)12(17)18)7-2-4-8(15)5-3-7/h2-6,9-10,15H,13-14H2,1H3,(H,17,18). The lowest BCUT2D eigenvalue weighted by Gasteiger charge is -2.21. The molecule has 18 heavy (non-hydrogen) atoms. The number of carboxylic acid groups (broad SMARTS) is 1. The first-order chi connectivity index (χ1) is 8.34. The summed E-state index contributed by atoms with van der Waals surface area (Å²) in [6.07, 6.45) is 0. The van der Waals surface area contributed by atoms with Crippen molar-refractivity contribution >= 4 is 11.8 Å². The molecule has 6 N–H and O–H groups in total. The number of Topliss-reactive ketones (excluding diaryl/α,β-unsaturated/α-hetero) is 1. The van der Waals surface area contributed by atoms with Crippen LogP contribution in [0, 0.1) is 0 Å². The molecule has 0 aromatic heterocycles. The van der Waals surface area contributed by atoms with Gasteiger partial charge in [0.2, 0.25) is 0 Å². The molecule has 3 atom stereocenters. The van der Waals surface area contributed by atoms with Crippen molar-refractivity contribution < 1.29 is 19.8 Å². The molecule has 98 valence electrons. The van der Waals surface area contributed by atoms with Gasteiger partial charge in [0.1, 0.15) is 11.8 Å². The van der Waals surface area contributed by atoms with E-state index in [1.165, 1.54) is 31.2 Å². The summed E-state index contributed by atoms with van der Waals surface area (Å²) in [4.78, 5) is 22.9. The zero-order valence-corrected chi connectivity index (χ0v) is 9.91. The van der Waals surface area contributed by atoms with Gasteiger partial charge >= 0.3 is 5.97 Å². The SMILES string of the molecule is CC(N)C(=O)C(c1ccc(O)cc1)C(N)C(=O)O. The molecule has 0 aliphatic carbocycles. The number of aliphatic carboxylic acids is 1. The van der Waals surface area contributed by atoms with Crippen molar-refractivity contribution in [3.8, 4) is 5.75 Å². The molecule has 0 fully saturated rings. The van der Waals surface area contributed by atoms with Gasteiger partial charge in [-0.25, -0.2) is 0 Å². The van der Waals surface area contributed by atoms with Crippen molar-refractivity contribution in [3.63, 3.8) is 0 Å². The number of hydrogen-bond acceptors (Lipinski definition) is 5. The van der Waals surface area contributed by atoms with E-state index in [9.17, 15) is 14.7 Å². The topological polar surface area (TPSA) is 127 Å². The van der Waals surface area contributed by atoms with Crippen molar-refractivity contribution in [1.29, 1.82) is 0 Å². The summed E-state index contributed by atoms with van der Waals surface area (Å²) in [5, 5.41) is 18.1. The summed E-state index contributed by atoms with van der Waals surface area (Å²) in [5.41, 5.74) is 11.4. The zero-order valence-electron chi connectivity index (χ0n) is 9.91. The van der Waals surface area contributed by atoms with Crippen LogP contribution in [0.2, 0.25) is 0 Å². The first-order valence-electron chi connectivity index (χ1n) is 5.41. The van der Waals surface area contributed by atoms with Gasteiger partial charge in [-0.05, 0) is 24.6 Å². The molecule has 1 aromatic carbocycles. The van der Waals surface area contributed by atoms with Gasteiger partial charge in [0.05, 0.1) is 12.0 Å². The predicted octanol–water partition coefficient (Wildman–Crippen LogP) is -0.196. The normalized spacial score (nSPS) is 15.7. The van der Waals surface area contributed by atoms with Crippen molar-refractivity contribution in [3.05, 3.63) is 29.8 Å². The maximum atomic E-state index is 11.9. The van der Waals surface area contributed by atoms with E-state index in [1.807, 2.05) is 0 Å². The fourth-order valence-electron chi connectivity index (χ4n) is 1.66. The first kappa shape index (κ1) is 14.1. The number of phenols is 1. The van der Waals surface area contributed by atoms with Crippen molar-refractivity contribution in [2.24, 2.45) is 11.5 Å². The number of carbonyl (C=O) groups excluding carboxylic acids is 1. The van der Waals surface area contributed by atoms with Gasteiger partial charge < -0.3 is 21.7 Å². The van der Waals surface area contributed by atoms with Crippen LogP contribution in [-0.4, -0.2) is 34.0 Å². The average molecular weight is 252 g/mol. The van der Waals surface area contributed by atoms with Crippen molar-refractivity contribution in [2.45, 2.75) is 24.9 Å². The molecule has 1 aromatic rings. The summed E-state index contributed by atoms with van der Waals surface area (Å²) < 4.78 is 0. The van der Waals surface area contributed by atoms with E-state index in [4.69, 9.17) is 16.6 Å². The summed E-state index contributed by atoms with van der Waals surface area (Å²) in [6, 6.07) is 3.48. The molecule has 0 saturated heterocycles. The van der Waals surface area contributed by atoms with Crippen LogP contribution in [0.1, 0.15) is 18.4 Å². The smallest absolute Gasteiger partial charge is 0.321 e. The highest BCUT2D eigenvalue weighted by molar-refractivity contribution is 5.95. The van der Waals surface area contributed by atoms with E-state index in [1.54, 1.807) is 0 Å². The number of hydrogen-bond donors (Lipinski definition) is 4. The van der Waals surface area contributed by atoms with Crippen LogP contribution in [0.5, 0.6) is 5.75 Å². The number of rotatable bonds is 5. The highest BCUT2D eigenvalue weighted by atomic mass is 16.4. The van der Waals surface area contributed by atoms with E-state index < -0.39 is 29.8 Å². The summed E-state index contributed by atoms with van der Waals surface area (Å²) >= 11 is 0. The Morgan fingerprint density at radius 2 is 1.67 bits per heavy atom. The maximum absolute atomic E-state index is 11.9. The van der Waals surface area contributed by atoms with Gasteiger partial charge in [-0.15, -0.1) is 0 Å². The predicted molar refractivity (Wildman–Crippen MR) is 65.1 cm³/mol. The summed E-state index contributed by atoms with van der Waals surface area (Å²) in [6.45, 7) is 1.48. The van der Waals surface area contributed by atoms with Crippen LogP contribution < -0.4 is 11.5 Å². The Morgan fingerprint density at radius 3 is 2.06 bits per heavy atom. The second-order valence-electron chi connectivity index (χ2n) is 4.12. The monoisotopic (exact) mass is 252 g/mol. The largest absolute Gasteiger partial charge is 0.508 e. The van der Waals surface area contributed by atoms with Crippen LogP contribution in [0.4, 0.5) is 0 Å². The lowest BCUT2D eigenvalue weighted by Crippen LogP contribution is -2.45. The Morgan fingerprint density at radius 1 is 1.17 bits per heavy atom. The van der Waals surface area contributed by atoms with E-state index >= 15 is 0 Å². The third kappa shape index (κ3) is 3.06. The van der Waals surface area contributed by atoms with Gasteiger partial charge in [0.15, 0.2) is 5.78 Å². The van der Waals surface area contributed by atoms with Gasteiger partial charge in [-0.1, -0.05) is 12.1 Å². The molecule has 0 aliphatic rings. The molecule has 0 saturated carbocycles. The Labute approximate surface area is 104 Å². The molecule has 6 nitrogen and oxygen atoms in total. The van der Waals surface area contributed by atoms with Crippen LogP contribution >= 0.6 is 0 Å². The average Bonchev–Trinajstić information content (AvgIpc) is 2.31. The number of carbonyl (C=O) groups is 2. The number of aromatic hydroxyl groups is 1. The highest BCUT2D eigenvalue weighted by Crippen LogP contribution is 2.23. The zero-order chi connectivity index (χ0) is 13.9. The van der Waals surface area contributed by atoms with Crippen LogP contribution in [0.3, 0.4) is 0 Å². The molecule has 1 rings (SSSR count). The fourth-order valence-corrected chi connectivity index (χ4v) is 1.66. The molecule has 0 radical (unpaired) electrons. The number of carboxylic acids is 1. The lowest BCUT2D eigenvalue weighted by molar-refractivity contribution is -0.141. The second kappa shape index (κ2) is 5.61. The van der Waals surface area contributed by atoms with Gasteiger partial charge in [-0.3, -0.25) is 9.59 Å². The molecule has 0 spiro atoms. The Bertz CT molecular complexity index is 442.